The van der Waals surface area contributed by atoms with E-state index in [2.05, 4.69) is 15.1 Å². The van der Waals surface area contributed by atoms with Gasteiger partial charge in [-0.25, -0.2) is 4.79 Å². The van der Waals surface area contributed by atoms with Crippen LogP contribution in [0.25, 0.3) is 33.2 Å². The molecule has 0 radical (unpaired) electrons. The van der Waals surface area contributed by atoms with E-state index in [1.165, 1.54) is 6.20 Å². The molecule has 0 spiro atoms. The average Bonchev–Trinajstić information content (AvgIpc) is 3.07. The van der Waals surface area contributed by atoms with E-state index in [-0.39, 0.29) is 5.56 Å². The van der Waals surface area contributed by atoms with E-state index in [0.717, 1.165) is 27.6 Å². The number of aromatic carboxylic acids is 1. The number of fused-ring (bicyclic) bond motifs is 1. The Balaban J connectivity index is 1.81. The van der Waals surface area contributed by atoms with Crippen LogP contribution in [0.15, 0.2) is 61.3 Å². The van der Waals surface area contributed by atoms with Crippen molar-refractivity contribution in [2.75, 3.05) is 0 Å². The maximum Gasteiger partial charge on any atom is 0.337 e. The fraction of sp³-hybridized carbons (Fsp3) is 0.0526. The normalized spacial score (nSPS) is 10.9. The molecule has 3 heterocycles. The molecule has 6 heteroatoms. The van der Waals surface area contributed by atoms with Crippen LogP contribution >= 0.6 is 0 Å². The van der Waals surface area contributed by atoms with E-state index in [9.17, 15) is 9.90 Å². The highest BCUT2D eigenvalue weighted by Gasteiger charge is 2.10. The zero-order valence-corrected chi connectivity index (χ0v) is 13.4. The maximum absolute atomic E-state index is 11.2. The minimum absolute atomic E-state index is 0.159. The van der Waals surface area contributed by atoms with Crippen LogP contribution in [0.1, 0.15) is 10.4 Å². The second-order valence-electron chi connectivity index (χ2n) is 5.76. The zero-order valence-electron chi connectivity index (χ0n) is 13.4. The Morgan fingerprint density at radius 3 is 2.44 bits per heavy atom. The lowest BCUT2D eigenvalue weighted by atomic mass is 9.99. The summed E-state index contributed by atoms with van der Waals surface area (Å²) in [6.45, 7) is 0. The predicted molar refractivity (Wildman–Crippen MR) is 94.1 cm³/mol. The predicted octanol–water partition coefficient (Wildman–Crippen LogP) is 3.40. The fourth-order valence-corrected chi connectivity index (χ4v) is 2.81. The van der Waals surface area contributed by atoms with Crippen LogP contribution in [0, 0.1) is 0 Å². The number of benzene rings is 1. The molecule has 1 aromatic carbocycles. The summed E-state index contributed by atoms with van der Waals surface area (Å²) >= 11 is 0. The van der Waals surface area contributed by atoms with Crippen LogP contribution in [0.2, 0.25) is 0 Å². The molecule has 6 nitrogen and oxygen atoms in total. The Morgan fingerprint density at radius 1 is 1.00 bits per heavy atom. The van der Waals surface area contributed by atoms with Gasteiger partial charge in [0.05, 0.1) is 23.5 Å². The Kier molecular flexibility index (Phi) is 3.50. The molecule has 1 N–H and O–H groups in total. The second kappa shape index (κ2) is 5.83. The largest absolute Gasteiger partial charge is 0.478 e. The van der Waals surface area contributed by atoms with Gasteiger partial charge >= 0.3 is 5.97 Å². The van der Waals surface area contributed by atoms with Gasteiger partial charge in [-0.1, -0.05) is 24.3 Å². The number of aryl methyl sites for hydroxylation is 1. The first kappa shape index (κ1) is 15.0. The minimum Gasteiger partial charge on any atom is -0.478 e. The topological polar surface area (TPSA) is 80.9 Å². The third-order valence-electron chi connectivity index (χ3n) is 4.09. The standard InChI is InChI=1S/C19H14N4O2/c1-23-11-15(8-22-23)12-2-4-13(5-3-12)17-9-20-10-18-16(17)6-14(7-21-18)19(24)25/h2-11H,1H3,(H,24,25). The number of nitrogens with zero attached hydrogens (tertiary/aromatic N) is 4. The molecule has 0 saturated carbocycles. The second-order valence-corrected chi connectivity index (χ2v) is 5.76. The fourth-order valence-electron chi connectivity index (χ4n) is 2.81. The number of carboxylic acids is 1. The van der Waals surface area contributed by atoms with Crippen LogP contribution in [0.4, 0.5) is 0 Å². The SMILES string of the molecule is Cn1cc(-c2ccc(-c3cncc4ncc(C(=O)O)cc34)cc2)cn1. The first-order valence-corrected chi connectivity index (χ1v) is 7.68. The molecule has 0 saturated heterocycles. The molecular weight excluding hydrogens is 316 g/mol. The van der Waals surface area contributed by atoms with E-state index in [4.69, 9.17) is 0 Å². The highest BCUT2D eigenvalue weighted by atomic mass is 16.4. The molecule has 0 aliphatic rings. The van der Waals surface area contributed by atoms with E-state index in [1.807, 2.05) is 43.7 Å². The van der Waals surface area contributed by atoms with Gasteiger partial charge in [-0.2, -0.15) is 5.10 Å². The quantitative estimate of drug-likeness (QED) is 0.623. The maximum atomic E-state index is 11.2. The van der Waals surface area contributed by atoms with Crippen molar-refractivity contribution >= 4 is 16.9 Å². The molecule has 4 aromatic rings. The Hall–Kier alpha value is -3.54. The molecule has 122 valence electrons. The molecule has 0 aliphatic carbocycles. The van der Waals surface area contributed by atoms with Gasteiger partial charge in [0.25, 0.3) is 0 Å². The van der Waals surface area contributed by atoms with Crippen molar-refractivity contribution in [1.29, 1.82) is 0 Å². The van der Waals surface area contributed by atoms with Crippen molar-refractivity contribution in [1.82, 2.24) is 19.7 Å². The Bertz CT molecular complexity index is 1080. The highest BCUT2D eigenvalue weighted by Crippen LogP contribution is 2.29. The molecule has 0 atom stereocenters. The van der Waals surface area contributed by atoms with Crippen LogP contribution in [0.5, 0.6) is 0 Å². The molecule has 0 bridgehead atoms. The molecule has 0 unspecified atom stereocenters. The average molecular weight is 330 g/mol. The summed E-state index contributed by atoms with van der Waals surface area (Å²) in [5, 5.41) is 14.2. The van der Waals surface area contributed by atoms with E-state index in [0.29, 0.717) is 5.52 Å². The van der Waals surface area contributed by atoms with Crippen molar-refractivity contribution in [3.8, 4) is 22.3 Å². The van der Waals surface area contributed by atoms with Gasteiger partial charge in [-0.05, 0) is 17.2 Å². The number of pyridine rings is 2. The number of rotatable bonds is 3. The summed E-state index contributed by atoms with van der Waals surface area (Å²) in [7, 11) is 1.88. The van der Waals surface area contributed by atoms with Crippen LogP contribution in [0.3, 0.4) is 0 Å². The Labute approximate surface area is 143 Å². The summed E-state index contributed by atoms with van der Waals surface area (Å²) in [5.74, 6) is -0.996. The highest BCUT2D eigenvalue weighted by molar-refractivity contribution is 5.98. The van der Waals surface area contributed by atoms with Crippen molar-refractivity contribution in [3.05, 3.63) is 66.9 Å². The smallest absolute Gasteiger partial charge is 0.337 e. The lowest BCUT2D eigenvalue weighted by Gasteiger charge is -2.07. The summed E-state index contributed by atoms with van der Waals surface area (Å²) in [4.78, 5) is 19.7. The van der Waals surface area contributed by atoms with E-state index >= 15 is 0 Å². The molecule has 4 rings (SSSR count). The van der Waals surface area contributed by atoms with Crippen LogP contribution < -0.4 is 0 Å². The number of hydrogen-bond acceptors (Lipinski definition) is 4. The van der Waals surface area contributed by atoms with Crippen molar-refractivity contribution in [2.24, 2.45) is 7.05 Å². The minimum atomic E-state index is -0.996. The van der Waals surface area contributed by atoms with Gasteiger partial charge in [0.1, 0.15) is 0 Å². The zero-order chi connectivity index (χ0) is 17.4. The summed E-state index contributed by atoms with van der Waals surface area (Å²) in [5.41, 5.74) is 4.74. The lowest BCUT2D eigenvalue weighted by molar-refractivity contribution is 0.0696. The molecule has 0 fully saturated rings. The first-order valence-electron chi connectivity index (χ1n) is 7.68. The van der Waals surface area contributed by atoms with Crippen molar-refractivity contribution in [2.45, 2.75) is 0 Å². The van der Waals surface area contributed by atoms with Gasteiger partial charge in [-0.15, -0.1) is 0 Å². The summed E-state index contributed by atoms with van der Waals surface area (Å²) < 4.78 is 1.76. The molecular formula is C19H14N4O2. The molecule has 0 aliphatic heterocycles. The molecule has 0 amide bonds. The van der Waals surface area contributed by atoms with E-state index in [1.54, 1.807) is 23.1 Å². The molecule has 3 aromatic heterocycles. The van der Waals surface area contributed by atoms with Gasteiger partial charge < -0.3 is 5.11 Å². The van der Waals surface area contributed by atoms with Gasteiger partial charge in [0.2, 0.25) is 0 Å². The van der Waals surface area contributed by atoms with Gasteiger partial charge in [0, 0.05) is 42.2 Å². The number of aromatic nitrogens is 4. The number of carboxylic acid groups (broad SMARTS) is 1. The Morgan fingerprint density at radius 2 is 1.76 bits per heavy atom. The van der Waals surface area contributed by atoms with E-state index < -0.39 is 5.97 Å². The van der Waals surface area contributed by atoms with Crippen LogP contribution in [-0.4, -0.2) is 30.8 Å². The first-order chi connectivity index (χ1) is 12.1. The van der Waals surface area contributed by atoms with Crippen LogP contribution in [-0.2, 0) is 7.05 Å². The third-order valence-corrected chi connectivity index (χ3v) is 4.09. The lowest BCUT2D eigenvalue weighted by Crippen LogP contribution is -1.98. The summed E-state index contributed by atoms with van der Waals surface area (Å²) in [6.07, 6.45) is 8.49. The summed E-state index contributed by atoms with van der Waals surface area (Å²) in [6, 6.07) is 9.65. The monoisotopic (exact) mass is 330 g/mol. The van der Waals surface area contributed by atoms with Gasteiger partial charge in [0.15, 0.2) is 0 Å². The van der Waals surface area contributed by atoms with Gasteiger partial charge in [-0.3, -0.25) is 14.6 Å². The van der Waals surface area contributed by atoms with Crippen molar-refractivity contribution in [3.63, 3.8) is 0 Å². The third kappa shape index (κ3) is 2.74. The number of carbonyl (C=O) groups is 1. The van der Waals surface area contributed by atoms with Crippen molar-refractivity contribution < 1.29 is 9.90 Å². The molecule has 25 heavy (non-hydrogen) atoms. The number of hydrogen-bond donors (Lipinski definition) is 1.